The molecule has 0 unspecified atom stereocenters. The number of carbonyl (C=O) groups is 1. The molecule has 6 heteroatoms. The molecule has 0 radical (unpaired) electrons. The summed E-state index contributed by atoms with van der Waals surface area (Å²) in [7, 11) is 0. The van der Waals surface area contributed by atoms with Crippen LogP contribution in [0.3, 0.4) is 0 Å². The zero-order valence-electron chi connectivity index (χ0n) is 14.3. The number of anilines is 1. The van der Waals surface area contributed by atoms with E-state index < -0.39 is 5.97 Å². The fourth-order valence-corrected chi connectivity index (χ4v) is 2.04. The highest BCUT2D eigenvalue weighted by atomic mass is 16.6. The van der Waals surface area contributed by atoms with Gasteiger partial charge in [-0.3, -0.25) is 0 Å². The predicted octanol–water partition coefficient (Wildman–Crippen LogP) is 2.96. The van der Waals surface area contributed by atoms with Crippen LogP contribution in [0, 0.1) is 5.21 Å². The number of hydroxylamine groups is 3. The van der Waals surface area contributed by atoms with Gasteiger partial charge in [-0.05, 0) is 38.5 Å². The number of rotatable bonds is 10. The minimum atomic E-state index is -0.468. The van der Waals surface area contributed by atoms with Crippen LogP contribution >= 0.6 is 0 Å². The minimum Gasteiger partial charge on any atom is -0.633 e. The zero-order chi connectivity index (χ0) is 17.3. The Balaban J connectivity index is 2.60. The maximum Gasteiger partial charge on any atom is 0.338 e. The van der Waals surface area contributed by atoms with Crippen LogP contribution in [-0.2, 0) is 4.74 Å². The molecule has 0 fully saturated rings. The molecule has 0 aromatic heterocycles. The number of ether oxygens (including phenoxy) is 2. The number of esters is 1. The van der Waals surface area contributed by atoms with E-state index in [1.54, 1.807) is 18.2 Å². The molecular weight excluding hydrogens is 296 g/mol. The van der Waals surface area contributed by atoms with E-state index in [9.17, 15) is 10.0 Å². The van der Waals surface area contributed by atoms with Gasteiger partial charge in [0.25, 0.3) is 0 Å². The number of nitrogens with two attached hydrogens (primary N) is 1. The number of unbranched alkanes of at least 4 members (excludes halogenated alkanes) is 1. The Morgan fingerprint density at radius 1 is 1.22 bits per heavy atom. The van der Waals surface area contributed by atoms with Gasteiger partial charge in [0, 0.05) is 0 Å². The Bertz CT molecular complexity index is 501. The Morgan fingerprint density at radius 3 is 2.52 bits per heavy atom. The topological polar surface area (TPSA) is 84.6 Å². The third kappa shape index (κ3) is 6.08. The van der Waals surface area contributed by atoms with E-state index in [1.807, 2.05) is 13.8 Å². The van der Waals surface area contributed by atoms with Crippen molar-refractivity contribution in [2.45, 2.75) is 33.6 Å². The van der Waals surface area contributed by atoms with Crippen molar-refractivity contribution in [2.24, 2.45) is 0 Å². The van der Waals surface area contributed by atoms with Gasteiger partial charge in [-0.2, -0.15) is 0 Å². The molecular formula is C17H28N2O4. The van der Waals surface area contributed by atoms with Gasteiger partial charge in [0.05, 0.1) is 30.9 Å². The SMILES string of the molecule is CCCCOc1cc(C(=O)OCC[N+]([O-])(CC)CC)ccc1N. The number of hydrogen-bond donors (Lipinski definition) is 1. The lowest BCUT2D eigenvalue weighted by Gasteiger charge is -2.40. The van der Waals surface area contributed by atoms with Crippen molar-refractivity contribution in [3.8, 4) is 5.75 Å². The van der Waals surface area contributed by atoms with Gasteiger partial charge in [0.1, 0.15) is 18.9 Å². The summed E-state index contributed by atoms with van der Waals surface area (Å²) in [4.78, 5) is 12.1. The summed E-state index contributed by atoms with van der Waals surface area (Å²) in [5.74, 6) is 0.0214. The number of benzene rings is 1. The molecule has 0 aliphatic heterocycles. The van der Waals surface area contributed by atoms with Crippen LogP contribution < -0.4 is 10.5 Å². The summed E-state index contributed by atoms with van der Waals surface area (Å²) < 4.78 is 10.4. The lowest BCUT2D eigenvalue weighted by Crippen LogP contribution is -2.44. The van der Waals surface area contributed by atoms with E-state index in [-0.39, 0.29) is 17.8 Å². The first-order valence-electron chi connectivity index (χ1n) is 8.22. The first-order valence-corrected chi connectivity index (χ1v) is 8.22. The first-order chi connectivity index (χ1) is 11.0. The van der Waals surface area contributed by atoms with Crippen molar-refractivity contribution >= 4 is 11.7 Å². The molecule has 0 aliphatic carbocycles. The molecule has 0 amide bonds. The molecule has 130 valence electrons. The average molecular weight is 324 g/mol. The molecule has 0 heterocycles. The van der Waals surface area contributed by atoms with Gasteiger partial charge in [0.2, 0.25) is 0 Å². The number of likely N-dealkylation sites (N-methyl/N-ethyl adjacent to an activating group) is 1. The Morgan fingerprint density at radius 2 is 1.91 bits per heavy atom. The van der Waals surface area contributed by atoms with Crippen LogP contribution in [-0.4, -0.2) is 43.5 Å². The third-order valence-corrected chi connectivity index (χ3v) is 3.89. The maximum absolute atomic E-state index is 12.1. The fraction of sp³-hybridized carbons (Fsp3) is 0.588. The van der Waals surface area contributed by atoms with Crippen molar-refractivity contribution in [2.75, 3.05) is 38.6 Å². The largest absolute Gasteiger partial charge is 0.633 e. The smallest absolute Gasteiger partial charge is 0.338 e. The molecule has 0 saturated heterocycles. The average Bonchev–Trinajstić information content (AvgIpc) is 2.56. The Kier molecular flexibility index (Phi) is 7.85. The van der Waals surface area contributed by atoms with Gasteiger partial charge in [0.15, 0.2) is 0 Å². The van der Waals surface area contributed by atoms with Crippen molar-refractivity contribution < 1.29 is 18.9 Å². The molecule has 23 heavy (non-hydrogen) atoms. The second-order valence-corrected chi connectivity index (χ2v) is 5.50. The van der Waals surface area contributed by atoms with E-state index in [2.05, 4.69) is 6.92 Å². The normalized spacial score (nSPS) is 11.3. The molecule has 1 aromatic rings. The van der Waals surface area contributed by atoms with E-state index >= 15 is 0 Å². The summed E-state index contributed by atoms with van der Waals surface area (Å²) >= 11 is 0. The van der Waals surface area contributed by atoms with Gasteiger partial charge in [-0.15, -0.1) is 0 Å². The van der Waals surface area contributed by atoms with E-state index in [4.69, 9.17) is 15.2 Å². The Labute approximate surface area is 138 Å². The van der Waals surface area contributed by atoms with Crippen LogP contribution in [0.25, 0.3) is 0 Å². The minimum absolute atomic E-state index is 0.0976. The second kappa shape index (κ2) is 9.37. The quantitative estimate of drug-likeness (QED) is 0.235. The van der Waals surface area contributed by atoms with Gasteiger partial charge < -0.3 is 25.1 Å². The van der Waals surface area contributed by atoms with E-state index in [0.717, 1.165) is 12.8 Å². The molecule has 2 N–H and O–H groups in total. The van der Waals surface area contributed by atoms with Crippen molar-refractivity contribution in [1.29, 1.82) is 0 Å². The van der Waals surface area contributed by atoms with Gasteiger partial charge >= 0.3 is 5.97 Å². The summed E-state index contributed by atoms with van der Waals surface area (Å²) in [6, 6.07) is 4.82. The van der Waals surface area contributed by atoms with Crippen LogP contribution in [0.1, 0.15) is 44.0 Å². The van der Waals surface area contributed by atoms with E-state index in [1.165, 1.54) is 0 Å². The van der Waals surface area contributed by atoms with Crippen molar-refractivity contribution in [3.05, 3.63) is 29.0 Å². The molecule has 1 rings (SSSR count). The standard InChI is InChI=1S/C17H28N2O4/c1-4-7-11-22-16-13-14(8-9-15(16)18)17(20)23-12-10-19(21,5-2)6-3/h8-9,13H,4-7,10-12,18H2,1-3H3. The monoisotopic (exact) mass is 324 g/mol. The maximum atomic E-state index is 12.1. The Hall–Kier alpha value is -1.79. The molecule has 0 aliphatic rings. The number of nitrogen functional groups attached to an aromatic ring is 1. The number of quaternary nitrogens is 1. The predicted molar refractivity (Wildman–Crippen MR) is 91.1 cm³/mol. The van der Waals surface area contributed by atoms with Crippen LogP contribution in [0.15, 0.2) is 18.2 Å². The lowest BCUT2D eigenvalue weighted by molar-refractivity contribution is -0.877. The zero-order valence-corrected chi connectivity index (χ0v) is 14.3. The summed E-state index contributed by atoms with van der Waals surface area (Å²) in [5.41, 5.74) is 6.71. The first kappa shape index (κ1) is 19.3. The number of carbonyl (C=O) groups excluding carboxylic acids is 1. The molecule has 0 spiro atoms. The van der Waals surface area contributed by atoms with Gasteiger partial charge in [-0.25, -0.2) is 4.79 Å². The highest BCUT2D eigenvalue weighted by Crippen LogP contribution is 2.23. The third-order valence-electron chi connectivity index (χ3n) is 3.89. The fourth-order valence-electron chi connectivity index (χ4n) is 2.04. The number of hydrogen-bond acceptors (Lipinski definition) is 5. The van der Waals surface area contributed by atoms with E-state index in [0.29, 0.717) is 36.7 Å². The van der Waals surface area contributed by atoms with Crippen LogP contribution in [0.2, 0.25) is 0 Å². The van der Waals surface area contributed by atoms with Crippen molar-refractivity contribution in [1.82, 2.24) is 0 Å². The van der Waals surface area contributed by atoms with Crippen LogP contribution in [0.5, 0.6) is 5.75 Å². The summed E-state index contributed by atoms with van der Waals surface area (Å²) in [6.07, 6.45) is 1.94. The molecule has 1 aromatic carbocycles. The molecule has 0 saturated carbocycles. The molecule has 6 nitrogen and oxygen atoms in total. The summed E-state index contributed by atoms with van der Waals surface area (Å²) in [5, 5.41) is 12.1. The van der Waals surface area contributed by atoms with Crippen LogP contribution in [0.4, 0.5) is 5.69 Å². The van der Waals surface area contributed by atoms with Crippen molar-refractivity contribution in [3.63, 3.8) is 0 Å². The molecule has 0 bridgehead atoms. The van der Waals surface area contributed by atoms with Gasteiger partial charge in [-0.1, -0.05) is 13.3 Å². The molecule has 0 atom stereocenters. The number of nitrogens with zero attached hydrogens (tertiary/aromatic N) is 1. The highest BCUT2D eigenvalue weighted by Gasteiger charge is 2.15. The highest BCUT2D eigenvalue weighted by molar-refractivity contribution is 5.90. The lowest BCUT2D eigenvalue weighted by atomic mass is 10.2. The summed E-state index contributed by atoms with van der Waals surface area (Å²) in [6.45, 7) is 7.57. The second-order valence-electron chi connectivity index (χ2n) is 5.50.